The van der Waals surface area contributed by atoms with Gasteiger partial charge in [0.15, 0.2) is 0 Å². The van der Waals surface area contributed by atoms with Gasteiger partial charge < -0.3 is 15.0 Å². The van der Waals surface area contributed by atoms with E-state index >= 15 is 0 Å². The highest BCUT2D eigenvalue weighted by Crippen LogP contribution is 2.03. The maximum absolute atomic E-state index is 11.3. The van der Waals surface area contributed by atoms with Crippen molar-refractivity contribution in [3.8, 4) is 0 Å². The molecule has 0 fully saturated rings. The molecule has 0 saturated carbocycles. The molecular formula is C15H32N2O2. The average molecular weight is 272 g/mol. The van der Waals surface area contributed by atoms with Gasteiger partial charge in [0.05, 0.1) is 13.0 Å². The molecule has 0 radical (unpaired) electrons. The fraction of sp³-hybridized carbons (Fsp3) is 0.933. The summed E-state index contributed by atoms with van der Waals surface area (Å²) in [6.07, 6.45) is 2.79. The van der Waals surface area contributed by atoms with Crippen molar-refractivity contribution in [2.24, 2.45) is 0 Å². The van der Waals surface area contributed by atoms with Gasteiger partial charge in [0, 0.05) is 12.1 Å². The number of carbonyl (C=O) groups excluding carboxylic acids is 1. The van der Waals surface area contributed by atoms with E-state index in [-0.39, 0.29) is 12.0 Å². The van der Waals surface area contributed by atoms with E-state index in [0.717, 1.165) is 26.1 Å². The molecule has 0 aromatic carbocycles. The van der Waals surface area contributed by atoms with Crippen LogP contribution in [-0.2, 0) is 9.53 Å². The van der Waals surface area contributed by atoms with Gasteiger partial charge in [-0.15, -0.1) is 0 Å². The first-order valence-corrected chi connectivity index (χ1v) is 7.67. The molecule has 0 aliphatic rings. The number of hydrogen-bond donors (Lipinski definition) is 1. The smallest absolute Gasteiger partial charge is 0.307 e. The standard InChI is InChI=1S/C15H32N2O2/c1-6-17(7-2)11-9-10-13(4)16-14(5)12-15(18)19-8-3/h13-14,16H,6-12H2,1-5H3. The Balaban J connectivity index is 3.72. The Morgan fingerprint density at radius 2 is 1.79 bits per heavy atom. The second kappa shape index (κ2) is 11.2. The summed E-state index contributed by atoms with van der Waals surface area (Å²) in [5.74, 6) is -0.113. The normalized spacial score (nSPS) is 14.4. The van der Waals surface area contributed by atoms with Gasteiger partial charge in [0.1, 0.15) is 0 Å². The third-order valence-corrected chi connectivity index (χ3v) is 3.35. The van der Waals surface area contributed by atoms with Crippen LogP contribution >= 0.6 is 0 Å². The highest BCUT2D eigenvalue weighted by atomic mass is 16.5. The van der Waals surface area contributed by atoms with Crippen LogP contribution in [0.15, 0.2) is 0 Å². The third kappa shape index (κ3) is 9.91. The zero-order valence-electron chi connectivity index (χ0n) is 13.4. The van der Waals surface area contributed by atoms with E-state index in [1.165, 1.54) is 6.42 Å². The largest absolute Gasteiger partial charge is 0.466 e. The Kier molecular flexibility index (Phi) is 10.9. The highest BCUT2D eigenvalue weighted by Gasteiger charge is 2.12. The minimum Gasteiger partial charge on any atom is -0.466 e. The molecule has 0 heterocycles. The molecule has 0 aliphatic heterocycles. The van der Waals surface area contributed by atoms with Crippen LogP contribution in [0.5, 0.6) is 0 Å². The van der Waals surface area contributed by atoms with Crippen molar-refractivity contribution in [2.75, 3.05) is 26.2 Å². The predicted molar refractivity (Wildman–Crippen MR) is 80.3 cm³/mol. The van der Waals surface area contributed by atoms with E-state index in [0.29, 0.717) is 19.1 Å². The van der Waals surface area contributed by atoms with Gasteiger partial charge in [-0.05, 0) is 53.2 Å². The second-order valence-corrected chi connectivity index (χ2v) is 5.15. The molecule has 114 valence electrons. The van der Waals surface area contributed by atoms with Crippen LogP contribution in [0.4, 0.5) is 0 Å². The molecule has 0 aromatic heterocycles. The van der Waals surface area contributed by atoms with Crippen LogP contribution < -0.4 is 5.32 Å². The van der Waals surface area contributed by atoms with Crippen molar-refractivity contribution < 1.29 is 9.53 Å². The topological polar surface area (TPSA) is 41.6 Å². The summed E-state index contributed by atoms with van der Waals surface area (Å²) in [5.41, 5.74) is 0. The number of nitrogens with one attached hydrogen (secondary N) is 1. The molecular weight excluding hydrogens is 240 g/mol. The predicted octanol–water partition coefficient (Wildman–Crippen LogP) is 2.43. The van der Waals surface area contributed by atoms with Crippen LogP contribution in [0.2, 0.25) is 0 Å². The summed E-state index contributed by atoms with van der Waals surface area (Å²) in [5, 5.41) is 3.46. The Morgan fingerprint density at radius 3 is 2.32 bits per heavy atom. The Morgan fingerprint density at radius 1 is 1.16 bits per heavy atom. The zero-order valence-corrected chi connectivity index (χ0v) is 13.4. The van der Waals surface area contributed by atoms with Crippen molar-refractivity contribution in [1.29, 1.82) is 0 Å². The molecule has 0 aromatic rings. The summed E-state index contributed by atoms with van der Waals surface area (Å²) in [4.78, 5) is 13.8. The van der Waals surface area contributed by atoms with Crippen molar-refractivity contribution in [3.63, 3.8) is 0 Å². The molecule has 0 bridgehead atoms. The van der Waals surface area contributed by atoms with E-state index < -0.39 is 0 Å². The Bertz CT molecular complexity index is 230. The van der Waals surface area contributed by atoms with E-state index in [9.17, 15) is 4.79 Å². The highest BCUT2D eigenvalue weighted by molar-refractivity contribution is 5.69. The van der Waals surface area contributed by atoms with E-state index in [1.54, 1.807) is 0 Å². The van der Waals surface area contributed by atoms with Gasteiger partial charge in [-0.25, -0.2) is 0 Å². The zero-order chi connectivity index (χ0) is 14.7. The number of nitrogens with zero attached hydrogens (tertiary/aromatic N) is 1. The van der Waals surface area contributed by atoms with Crippen LogP contribution in [-0.4, -0.2) is 49.2 Å². The minimum atomic E-state index is -0.113. The van der Waals surface area contributed by atoms with E-state index in [2.05, 4.69) is 31.0 Å². The molecule has 4 nitrogen and oxygen atoms in total. The molecule has 1 N–H and O–H groups in total. The molecule has 2 atom stereocenters. The summed E-state index contributed by atoms with van der Waals surface area (Å²) in [7, 11) is 0. The SMILES string of the molecule is CCOC(=O)CC(C)NC(C)CCCN(CC)CC. The van der Waals surface area contributed by atoms with Crippen molar-refractivity contribution in [1.82, 2.24) is 10.2 Å². The second-order valence-electron chi connectivity index (χ2n) is 5.15. The Hall–Kier alpha value is -0.610. The quantitative estimate of drug-likeness (QED) is 0.587. The number of hydrogen-bond acceptors (Lipinski definition) is 4. The molecule has 0 aliphatic carbocycles. The lowest BCUT2D eigenvalue weighted by Gasteiger charge is -2.22. The summed E-state index contributed by atoms with van der Waals surface area (Å²) in [6, 6.07) is 0.627. The van der Waals surface area contributed by atoms with Crippen molar-refractivity contribution in [2.45, 2.75) is 66.0 Å². The molecule has 0 spiro atoms. The van der Waals surface area contributed by atoms with Crippen LogP contribution in [0.25, 0.3) is 0 Å². The van der Waals surface area contributed by atoms with Gasteiger partial charge in [-0.2, -0.15) is 0 Å². The number of carbonyl (C=O) groups is 1. The van der Waals surface area contributed by atoms with Gasteiger partial charge in [0.2, 0.25) is 0 Å². The number of rotatable bonds is 11. The molecule has 2 unspecified atom stereocenters. The Labute approximate surface area is 118 Å². The lowest BCUT2D eigenvalue weighted by molar-refractivity contribution is -0.143. The summed E-state index contributed by atoms with van der Waals surface area (Å²) in [6.45, 7) is 14.3. The average Bonchev–Trinajstić information content (AvgIpc) is 2.34. The first-order chi connectivity index (χ1) is 9.03. The monoisotopic (exact) mass is 272 g/mol. The van der Waals surface area contributed by atoms with Crippen molar-refractivity contribution >= 4 is 5.97 Å². The minimum absolute atomic E-state index is 0.113. The van der Waals surface area contributed by atoms with Gasteiger partial charge >= 0.3 is 5.97 Å². The van der Waals surface area contributed by atoms with E-state index in [1.807, 2.05) is 13.8 Å². The van der Waals surface area contributed by atoms with Crippen LogP contribution in [0, 0.1) is 0 Å². The fourth-order valence-corrected chi connectivity index (χ4v) is 2.26. The lowest BCUT2D eigenvalue weighted by atomic mass is 10.1. The van der Waals surface area contributed by atoms with Gasteiger partial charge in [0.25, 0.3) is 0 Å². The first kappa shape index (κ1) is 18.4. The number of ether oxygens (including phenoxy) is 1. The molecule has 0 saturated heterocycles. The molecule has 0 amide bonds. The summed E-state index contributed by atoms with van der Waals surface area (Å²) >= 11 is 0. The van der Waals surface area contributed by atoms with Crippen LogP contribution in [0.1, 0.15) is 53.9 Å². The maximum Gasteiger partial charge on any atom is 0.307 e. The van der Waals surface area contributed by atoms with E-state index in [4.69, 9.17) is 4.74 Å². The van der Waals surface area contributed by atoms with Gasteiger partial charge in [-0.3, -0.25) is 4.79 Å². The van der Waals surface area contributed by atoms with Gasteiger partial charge in [-0.1, -0.05) is 13.8 Å². The van der Waals surface area contributed by atoms with Crippen molar-refractivity contribution in [3.05, 3.63) is 0 Å². The summed E-state index contributed by atoms with van der Waals surface area (Å²) < 4.78 is 4.95. The lowest BCUT2D eigenvalue weighted by Crippen LogP contribution is -2.37. The fourth-order valence-electron chi connectivity index (χ4n) is 2.26. The van der Waals surface area contributed by atoms with Crippen LogP contribution in [0.3, 0.4) is 0 Å². The molecule has 4 heteroatoms. The first-order valence-electron chi connectivity index (χ1n) is 7.67. The third-order valence-electron chi connectivity index (χ3n) is 3.35. The molecule has 19 heavy (non-hydrogen) atoms. The molecule has 0 rings (SSSR count). The number of esters is 1. The maximum atomic E-state index is 11.3.